The molecule has 0 amide bonds. The Morgan fingerprint density at radius 1 is 1.29 bits per heavy atom. The molecule has 3 rings (SSSR count). The number of hydrogen-bond donors (Lipinski definition) is 1. The summed E-state index contributed by atoms with van der Waals surface area (Å²) in [5.74, 6) is 1.65. The van der Waals surface area contributed by atoms with Crippen LogP contribution in [0, 0.1) is 12.8 Å². The van der Waals surface area contributed by atoms with Crippen molar-refractivity contribution in [3.63, 3.8) is 0 Å². The van der Waals surface area contributed by atoms with E-state index in [1.807, 2.05) is 29.8 Å². The average molecular weight is 348 g/mol. The van der Waals surface area contributed by atoms with Crippen LogP contribution in [0.1, 0.15) is 57.8 Å². The van der Waals surface area contributed by atoms with Crippen molar-refractivity contribution in [2.24, 2.45) is 5.92 Å². The maximum atomic E-state index is 6.31. The molecule has 0 spiro atoms. The van der Waals surface area contributed by atoms with E-state index < -0.39 is 0 Å². The second kappa shape index (κ2) is 6.81. The van der Waals surface area contributed by atoms with Crippen molar-refractivity contribution in [3.05, 3.63) is 34.6 Å². The van der Waals surface area contributed by atoms with Gasteiger partial charge in [0.2, 0.25) is 0 Å². The van der Waals surface area contributed by atoms with E-state index in [9.17, 15) is 0 Å². The van der Waals surface area contributed by atoms with Crippen LogP contribution in [0.25, 0.3) is 5.69 Å². The van der Waals surface area contributed by atoms with Gasteiger partial charge in [0.1, 0.15) is 0 Å². The van der Waals surface area contributed by atoms with E-state index in [2.05, 4.69) is 41.6 Å². The second-order valence-electron chi connectivity index (χ2n) is 7.41. The highest BCUT2D eigenvalue weighted by Crippen LogP contribution is 2.39. The Balaban J connectivity index is 2.03. The van der Waals surface area contributed by atoms with Crippen LogP contribution in [0.2, 0.25) is 5.02 Å². The maximum Gasteiger partial charge on any atom is 0.176 e. The van der Waals surface area contributed by atoms with Gasteiger partial charge in [-0.25, -0.2) is 0 Å². The molecule has 1 aliphatic carbocycles. The molecule has 0 radical (unpaired) electrons. The molecule has 1 aromatic heterocycles. The Morgan fingerprint density at radius 2 is 2.00 bits per heavy atom. The molecule has 130 valence electrons. The van der Waals surface area contributed by atoms with E-state index >= 15 is 0 Å². The second-order valence-corrected chi connectivity index (χ2v) is 7.82. The van der Waals surface area contributed by atoms with Gasteiger partial charge < -0.3 is 5.32 Å². The molecular weight excluding hydrogens is 322 g/mol. The highest BCUT2D eigenvalue weighted by molar-refractivity contribution is 6.31. The summed E-state index contributed by atoms with van der Waals surface area (Å²) >= 11 is 6.31. The van der Waals surface area contributed by atoms with Crippen molar-refractivity contribution in [2.75, 3.05) is 0 Å². The summed E-state index contributed by atoms with van der Waals surface area (Å²) in [5.41, 5.74) is 1.78. The normalized spacial score (nSPS) is 24.5. The van der Waals surface area contributed by atoms with E-state index in [1.54, 1.807) is 0 Å². The predicted octanol–water partition coefficient (Wildman–Crippen LogP) is 4.03. The topological polar surface area (TPSA) is 55.6 Å². The molecular formula is C18H26ClN5. The summed E-state index contributed by atoms with van der Waals surface area (Å²) in [6.45, 7) is 8.67. The molecule has 1 heterocycles. The number of hydrogen-bond acceptors (Lipinski definition) is 4. The van der Waals surface area contributed by atoms with Crippen molar-refractivity contribution in [2.45, 2.75) is 65.0 Å². The number of rotatable bonds is 4. The summed E-state index contributed by atoms with van der Waals surface area (Å²) in [6, 6.07) is 6.33. The zero-order valence-electron chi connectivity index (χ0n) is 14.9. The summed E-state index contributed by atoms with van der Waals surface area (Å²) < 4.78 is 1.84. The number of aryl methyl sites for hydroxylation is 1. The van der Waals surface area contributed by atoms with Gasteiger partial charge >= 0.3 is 0 Å². The molecule has 5 nitrogen and oxygen atoms in total. The van der Waals surface area contributed by atoms with Gasteiger partial charge in [-0.3, -0.25) is 0 Å². The summed E-state index contributed by atoms with van der Waals surface area (Å²) in [6.07, 6.45) is 4.46. The van der Waals surface area contributed by atoms with E-state index in [4.69, 9.17) is 11.6 Å². The highest BCUT2D eigenvalue weighted by atomic mass is 35.5. The molecule has 6 heteroatoms. The first-order chi connectivity index (χ1) is 11.4. The third-order valence-electron chi connectivity index (χ3n) is 4.99. The SMILES string of the molecule is Cc1ccc(-n2nnnc2C2(NC(C)C)CCC(C)CC2)cc1Cl. The fraction of sp³-hybridized carbons (Fsp3) is 0.611. The molecule has 2 aromatic rings. The molecule has 0 saturated heterocycles. The Hall–Kier alpha value is -1.46. The largest absolute Gasteiger partial charge is 0.302 e. The number of halogens is 1. The van der Waals surface area contributed by atoms with Crippen LogP contribution in [0.3, 0.4) is 0 Å². The maximum absolute atomic E-state index is 6.31. The van der Waals surface area contributed by atoms with Gasteiger partial charge in [0.05, 0.1) is 11.2 Å². The Bertz CT molecular complexity index is 701. The van der Waals surface area contributed by atoms with Crippen LogP contribution in [-0.4, -0.2) is 26.2 Å². The molecule has 1 aliphatic rings. The molecule has 1 aromatic carbocycles. The lowest BCUT2D eigenvalue weighted by atomic mass is 9.76. The first-order valence-corrected chi connectivity index (χ1v) is 9.12. The van der Waals surface area contributed by atoms with Crippen LogP contribution in [0.4, 0.5) is 0 Å². The third-order valence-corrected chi connectivity index (χ3v) is 5.40. The highest BCUT2D eigenvalue weighted by Gasteiger charge is 2.41. The molecule has 0 atom stereocenters. The smallest absolute Gasteiger partial charge is 0.176 e. The van der Waals surface area contributed by atoms with Crippen molar-refractivity contribution in [1.82, 2.24) is 25.5 Å². The van der Waals surface area contributed by atoms with Gasteiger partial charge in [0.15, 0.2) is 5.82 Å². The predicted molar refractivity (Wildman–Crippen MR) is 96.5 cm³/mol. The minimum absolute atomic E-state index is 0.179. The fourth-order valence-electron chi connectivity index (χ4n) is 3.61. The average Bonchev–Trinajstić information content (AvgIpc) is 3.02. The third kappa shape index (κ3) is 3.33. The zero-order valence-corrected chi connectivity index (χ0v) is 15.6. The summed E-state index contributed by atoms with van der Waals surface area (Å²) in [5, 5.41) is 17.1. The van der Waals surface area contributed by atoms with Gasteiger partial charge in [-0.05, 0) is 80.5 Å². The van der Waals surface area contributed by atoms with E-state index in [0.29, 0.717) is 6.04 Å². The van der Waals surface area contributed by atoms with Crippen molar-refractivity contribution >= 4 is 11.6 Å². The number of benzene rings is 1. The monoisotopic (exact) mass is 347 g/mol. The van der Waals surface area contributed by atoms with Gasteiger partial charge in [0.25, 0.3) is 0 Å². The zero-order chi connectivity index (χ0) is 17.3. The molecule has 0 unspecified atom stereocenters. The van der Waals surface area contributed by atoms with Crippen molar-refractivity contribution < 1.29 is 0 Å². The fourth-order valence-corrected chi connectivity index (χ4v) is 3.79. The lowest BCUT2D eigenvalue weighted by molar-refractivity contribution is 0.170. The molecule has 24 heavy (non-hydrogen) atoms. The van der Waals surface area contributed by atoms with Crippen LogP contribution < -0.4 is 5.32 Å². The lowest BCUT2D eigenvalue weighted by Crippen LogP contribution is -2.49. The molecule has 0 bridgehead atoms. The molecule has 1 N–H and O–H groups in total. The Morgan fingerprint density at radius 3 is 2.62 bits per heavy atom. The van der Waals surface area contributed by atoms with Gasteiger partial charge in [-0.1, -0.05) is 24.6 Å². The van der Waals surface area contributed by atoms with Gasteiger partial charge in [-0.2, -0.15) is 4.68 Å². The number of nitrogens with one attached hydrogen (secondary N) is 1. The standard InChI is InChI=1S/C18H26ClN5/c1-12(2)20-18(9-7-13(3)8-10-18)17-21-22-23-24(17)15-6-5-14(4)16(19)11-15/h5-6,11-13,20H,7-10H2,1-4H3. The number of nitrogens with zero attached hydrogens (tertiary/aromatic N) is 4. The van der Waals surface area contributed by atoms with E-state index in [-0.39, 0.29) is 5.54 Å². The Kier molecular flexibility index (Phi) is 4.92. The van der Waals surface area contributed by atoms with Crippen LogP contribution in [0.5, 0.6) is 0 Å². The summed E-state index contributed by atoms with van der Waals surface area (Å²) in [4.78, 5) is 0. The van der Waals surface area contributed by atoms with Crippen molar-refractivity contribution in [3.8, 4) is 5.69 Å². The summed E-state index contributed by atoms with van der Waals surface area (Å²) in [7, 11) is 0. The van der Waals surface area contributed by atoms with E-state index in [1.165, 1.54) is 12.8 Å². The number of aromatic nitrogens is 4. The minimum Gasteiger partial charge on any atom is -0.302 e. The first kappa shape index (κ1) is 17.4. The molecule has 1 saturated carbocycles. The molecule has 0 aliphatic heterocycles. The number of tetrazole rings is 1. The van der Waals surface area contributed by atoms with Gasteiger partial charge in [0, 0.05) is 11.1 Å². The minimum atomic E-state index is -0.179. The van der Waals surface area contributed by atoms with Crippen LogP contribution in [-0.2, 0) is 5.54 Å². The quantitative estimate of drug-likeness (QED) is 0.907. The molecule has 1 fully saturated rings. The lowest BCUT2D eigenvalue weighted by Gasteiger charge is -2.40. The van der Waals surface area contributed by atoms with Crippen molar-refractivity contribution in [1.29, 1.82) is 0 Å². The van der Waals surface area contributed by atoms with E-state index in [0.717, 1.165) is 40.9 Å². The van der Waals surface area contributed by atoms with Crippen LogP contribution in [0.15, 0.2) is 18.2 Å². The van der Waals surface area contributed by atoms with Crippen LogP contribution >= 0.6 is 11.6 Å². The first-order valence-electron chi connectivity index (χ1n) is 8.74. The van der Waals surface area contributed by atoms with Gasteiger partial charge in [-0.15, -0.1) is 5.10 Å². The Labute approximate surface area is 148 Å².